The molecule has 3 aliphatic heterocycles. The Morgan fingerprint density at radius 3 is 2.47 bits per heavy atom. The van der Waals surface area contributed by atoms with Gasteiger partial charge in [-0.15, -0.1) is 0 Å². The van der Waals surface area contributed by atoms with Crippen LogP contribution in [-0.4, -0.2) is 47.0 Å². The van der Waals surface area contributed by atoms with Gasteiger partial charge >= 0.3 is 0 Å². The van der Waals surface area contributed by atoms with Crippen LogP contribution >= 0.6 is 24.0 Å². The molecule has 0 saturated carbocycles. The average molecular weight is 489 g/mol. The maximum absolute atomic E-state index is 13.5. The summed E-state index contributed by atoms with van der Waals surface area (Å²) in [7, 11) is -3.20. The molecule has 6 nitrogen and oxygen atoms in total. The van der Waals surface area contributed by atoms with E-state index in [2.05, 4.69) is 0 Å². The number of carbonyl (C=O) groups is 2. The fraction of sp³-hybridized carbons (Fsp3) is 0.227. The lowest BCUT2D eigenvalue weighted by Crippen LogP contribution is -2.39. The molecular formula is C22H17FN2O4S3. The van der Waals surface area contributed by atoms with E-state index >= 15 is 0 Å². The SMILES string of the molecule is O=C1/C(=C2\SC(=S)N(C3CCS(=O)(=O)C3)C2=O)c2ccccc2N1Cc1ccc(F)cc1. The molecule has 2 fully saturated rings. The van der Waals surface area contributed by atoms with Crippen molar-refractivity contribution in [2.24, 2.45) is 0 Å². The van der Waals surface area contributed by atoms with Crippen molar-refractivity contribution in [3.8, 4) is 0 Å². The van der Waals surface area contributed by atoms with Crippen LogP contribution in [0.3, 0.4) is 0 Å². The van der Waals surface area contributed by atoms with Crippen LogP contribution in [-0.2, 0) is 26.0 Å². The molecular weight excluding hydrogens is 471 g/mol. The van der Waals surface area contributed by atoms with Crippen molar-refractivity contribution >= 4 is 61.2 Å². The van der Waals surface area contributed by atoms with Gasteiger partial charge in [0.15, 0.2) is 9.84 Å². The number of thioether (sulfide) groups is 1. The normalized spacial score (nSPS) is 24.5. The van der Waals surface area contributed by atoms with Crippen LogP contribution in [0.2, 0.25) is 0 Å². The minimum absolute atomic E-state index is 0.0217. The molecule has 2 amide bonds. The maximum Gasteiger partial charge on any atom is 0.267 e. The number of anilines is 1. The minimum Gasteiger partial charge on any atom is -0.303 e. The number of hydrogen-bond donors (Lipinski definition) is 0. The van der Waals surface area contributed by atoms with Crippen molar-refractivity contribution in [1.29, 1.82) is 0 Å². The highest BCUT2D eigenvalue weighted by atomic mass is 32.2. The minimum atomic E-state index is -3.20. The van der Waals surface area contributed by atoms with Crippen LogP contribution in [0.25, 0.3) is 5.57 Å². The number of halogens is 1. The van der Waals surface area contributed by atoms with Gasteiger partial charge in [-0.25, -0.2) is 12.8 Å². The number of amides is 2. The molecule has 5 rings (SSSR count). The molecule has 1 atom stereocenters. The number of rotatable bonds is 3. The summed E-state index contributed by atoms with van der Waals surface area (Å²) in [4.78, 5) is 29.9. The Balaban J connectivity index is 1.53. The number of sulfone groups is 1. The molecule has 0 aromatic heterocycles. The van der Waals surface area contributed by atoms with E-state index in [1.165, 1.54) is 17.0 Å². The summed E-state index contributed by atoms with van der Waals surface area (Å²) >= 11 is 6.44. The van der Waals surface area contributed by atoms with Crippen LogP contribution in [0.1, 0.15) is 17.5 Å². The maximum atomic E-state index is 13.5. The lowest BCUT2D eigenvalue weighted by Gasteiger charge is -2.21. The van der Waals surface area contributed by atoms with Crippen molar-refractivity contribution < 1.29 is 22.4 Å². The van der Waals surface area contributed by atoms with Crippen LogP contribution < -0.4 is 4.90 Å². The van der Waals surface area contributed by atoms with E-state index in [1.807, 2.05) is 0 Å². The molecule has 0 bridgehead atoms. The van der Waals surface area contributed by atoms with Crippen molar-refractivity contribution in [3.63, 3.8) is 0 Å². The van der Waals surface area contributed by atoms with Crippen molar-refractivity contribution in [3.05, 3.63) is 70.4 Å². The largest absolute Gasteiger partial charge is 0.303 e. The van der Waals surface area contributed by atoms with E-state index in [1.54, 1.807) is 41.3 Å². The molecule has 0 spiro atoms. The number of carbonyl (C=O) groups excluding carboxylic acids is 2. The predicted molar refractivity (Wildman–Crippen MR) is 125 cm³/mol. The Bertz CT molecular complexity index is 1300. The fourth-order valence-corrected chi connectivity index (χ4v) is 7.42. The molecule has 164 valence electrons. The first-order valence-electron chi connectivity index (χ1n) is 9.91. The van der Waals surface area contributed by atoms with Crippen LogP contribution in [0.5, 0.6) is 0 Å². The van der Waals surface area contributed by atoms with E-state index in [0.717, 1.165) is 17.3 Å². The molecule has 3 aliphatic rings. The van der Waals surface area contributed by atoms with E-state index in [9.17, 15) is 22.4 Å². The van der Waals surface area contributed by atoms with Gasteiger partial charge in [-0.2, -0.15) is 0 Å². The van der Waals surface area contributed by atoms with Gasteiger partial charge in [0.1, 0.15) is 10.1 Å². The van der Waals surface area contributed by atoms with Crippen molar-refractivity contribution in [1.82, 2.24) is 4.90 Å². The van der Waals surface area contributed by atoms with Gasteiger partial charge in [-0.05, 0) is 30.2 Å². The first-order valence-corrected chi connectivity index (χ1v) is 13.0. The zero-order chi connectivity index (χ0) is 22.6. The van der Waals surface area contributed by atoms with E-state index < -0.39 is 21.8 Å². The molecule has 1 unspecified atom stereocenters. The number of para-hydroxylation sites is 1. The van der Waals surface area contributed by atoms with Gasteiger partial charge in [0.25, 0.3) is 11.8 Å². The Kier molecular flexibility index (Phi) is 5.18. The topological polar surface area (TPSA) is 74.8 Å². The smallest absolute Gasteiger partial charge is 0.267 e. The Labute approximate surface area is 194 Å². The lowest BCUT2D eigenvalue weighted by molar-refractivity contribution is -0.123. The predicted octanol–water partition coefficient (Wildman–Crippen LogP) is 3.13. The molecule has 2 aromatic carbocycles. The molecule has 0 aliphatic carbocycles. The van der Waals surface area contributed by atoms with Gasteiger partial charge in [0.05, 0.1) is 40.3 Å². The third-order valence-electron chi connectivity index (χ3n) is 5.78. The second-order valence-electron chi connectivity index (χ2n) is 7.84. The van der Waals surface area contributed by atoms with Gasteiger partial charge < -0.3 is 4.90 Å². The Morgan fingerprint density at radius 1 is 1.06 bits per heavy atom. The first-order chi connectivity index (χ1) is 15.2. The quantitative estimate of drug-likeness (QED) is 0.488. The molecule has 0 radical (unpaired) electrons. The van der Waals surface area contributed by atoms with Gasteiger partial charge in [0, 0.05) is 5.56 Å². The number of benzene rings is 2. The van der Waals surface area contributed by atoms with Crippen molar-refractivity contribution in [2.75, 3.05) is 16.4 Å². The second kappa shape index (κ2) is 7.79. The molecule has 2 saturated heterocycles. The highest BCUT2D eigenvalue weighted by Crippen LogP contribution is 2.46. The summed E-state index contributed by atoms with van der Waals surface area (Å²) in [6.07, 6.45) is 0.332. The fourth-order valence-electron chi connectivity index (χ4n) is 4.25. The van der Waals surface area contributed by atoms with Gasteiger partial charge in [-0.3, -0.25) is 14.5 Å². The summed E-state index contributed by atoms with van der Waals surface area (Å²) in [5.41, 5.74) is 2.30. The number of thiocarbonyl (C=S) groups is 1. The van der Waals surface area contributed by atoms with Gasteiger partial charge in [0.2, 0.25) is 0 Å². The summed E-state index contributed by atoms with van der Waals surface area (Å²) in [5.74, 6) is -1.23. The van der Waals surface area contributed by atoms with E-state index in [-0.39, 0.29) is 44.6 Å². The van der Waals surface area contributed by atoms with E-state index in [0.29, 0.717) is 17.7 Å². The van der Waals surface area contributed by atoms with Crippen LogP contribution in [0.15, 0.2) is 53.4 Å². The summed E-state index contributed by atoms with van der Waals surface area (Å²) < 4.78 is 37.4. The molecule has 32 heavy (non-hydrogen) atoms. The molecule has 2 aromatic rings. The average Bonchev–Trinajstić information content (AvgIpc) is 3.35. The second-order valence-corrected chi connectivity index (χ2v) is 11.7. The first kappa shape index (κ1) is 21.3. The number of nitrogens with zero attached hydrogens (tertiary/aromatic N) is 2. The zero-order valence-electron chi connectivity index (χ0n) is 16.7. The number of fused-ring (bicyclic) bond motifs is 1. The van der Waals surface area contributed by atoms with E-state index in [4.69, 9.17) is 12.2 Å². The summed E-state index contributed by atoms with van der Waals surface area (Å²) in [6, 6.07) is 12.6. The summed E-state index contributed by atoms with van der Waals surface area (Å²) in [6.45, 7) is 0.223. The Morgan fingerprint density at radius 2 is 1.78 bits per heavy atom. The molecule has 3 heterocycles. The Hall–Kier alpha value is -2.56. The molecule has 0 N–H and O–H groups in total. The van der Waals surface area contributed by atoms with Crippen LogP contribution in [0, 0.1) is 5.82 Å². The monoisotopic (exact) mass is 488 g/mol. The zero-order valence-corrected chi connectivity index (χ0v) is 19.1. The lowest BCUT2D eigenvalue weighted by atomic mass is 10.1. The standard InChI is InChI=1S/C22H17FN2O4S3/c23-14-7-5-13(6-8-14)11-24-17-4-2-1-3-16(17)18(20(24)26)19-21(27)25(22(30)31-19)15-9-10-32(28,29)12-15/h1-8,15H,9-12H2/b19-18-. The highest BCUT2D eigenvalue weighted by molar-refractivity contribution is 8.26. The van der Waals surface area contributed by atoms with Crippen molar-refractivity contribution in [2.45, 2.75) is 19.0 Å². The van der Waals surface area contributed by atoms with Gasteiger partial charge in [-0.1, -0.05) is 54.3 Å². The molecule has 10 heteroatoms. The third kappa shape index (κ3) is 3.56. The van der Waals surface area contributed by atoms with Crippen LogP contribution in [0.4, 0.5) is 10.1 Å². The summed E-state index contributed by atoms with van der Waals surface area (Å²) in [5, 5.41) is 0. The highest BCUT2D eigenvalue weighted by Gasteiger charge is 2.46. The third-order valence-corrected chi connectivity index (χ3v) is 8.93. The number of hydrogen-bond acceptors (Lipinski definition) is 6.